The SMILES string of the molecule is CC/C=C/C=C/C=C/C=C/C=C/CCCCCC/C=C/CC. The molecule has 0 aliphatic heterocycles. The van der Waals surface area contributed by atoms with Crippen molar-refractivity contribution in [1.29, 1.82) is 0 Å². The van der Waals surface area contributed by atoms with E-state index in [1.807, 2.05) is 0 Å². The van der Waals surface area contributed by atoms with Gasteiger partial charge in [0.2, 0.25) is 0 Å². The van der Waals surface area contributed by atoms with Crippen LogP contribution in [0.4, 0.5) is 0 Å². The van der Waals surface area contributed by atoms with Gasteiger partial charge in [-0.25, -0.2) is 0 Å². The maximum atomic E-state index is 2.31. The lowest BCUT2D eigenvalue weighted by Gasteiger charge is -1.96. The van der Waals surface area contributed by atoms with Crippen LogP contribution >= 0.6 is 0 Å². The highest BCUT2D eigenvalue weighted by molar-refractivity contribution is 5.17. The van der Waals surface area contributed by atoms with Gasteiger partial charge in [0.15, 0.2) is 0 Å². The molecule has 22 heavy (non-hydrogen) atoms. The van der Waals surface area contributed by atoms with Crippen molar-refractivity contribution in [2.45, 2.75) is 65.2 Å². The van der Waals surface area contributed by atoms with E-state index in [-0.39, 0.29) is 0 Å². The van der Waals surface area contributed by atoms with Crippen molar-refractivity contribution in [1.82, 2.24) is 0 Å². The molecule has 0 N–H and O–H groups in total. The molecule has 0 atom stereocenters. The minimum absolute atomic E-state index is 1.09. The van der Waals surface area contributed by atoms with Crippen LogP contribution in [-0.2, 0) is 0 Å². The molecule has 0 amide bonds. The third-order valence-corrected chi connectivity index (χ3v) is 3.18. The van der Waals surface area contributed by atoms with Crippen LogP contribution in [0.15, 0.2) is 72.9 Å². The topological polar surface area (TPSA) is 0 Å². The van der Waals surface area contributed by atoms with Crippen molar-refractivity contribution in [2.75, 3.05) is 0 Å². The summed E-state index contributed by atoms with van der Waals surface area (Å²) in [5.74, 6) is 0. The van der Waals surface area contributed by atoms with Gasteiger partial charge in [0.05, 0.1) is 0 Å². The highest BCUT2D eigenvalue weighted by atomic mass is 13.9. The second-order valence-electron chi connectivity index (χ2n) is 5.29. The molecule has 0 rings (SSSR count). The Hall–Kier alpha value is -1.56. The second-order valence-corrected chi connectivity index (χ2v) is 5.29. The standard InChI is InChI=1S/C22H34/c1-3-5-7-9-11-13-15-17-19-21-22-20-18-16-14-12-10-8-6-4-2/h5-9,11,13,15,17,19,21-22H,3-4,10,12,14,16,18,20H2,1-2H3/b7-5+,8-6+,11-9+,15-13+,19-17+,22-21+. The van der Waals surface area contributed by atoms with Crippen molar-refractivity contribution in [3.05, 3.63) is 72.9 Å². The van der Waals surface area contributed by atoms with Crippen molar-refractivity contribution >= 4 is 0 Å². The van der Waals surface area contributed by atoms with Gasteiger partial charge < -0.3 is 0 Å². The third-order valence-electron chi connectivity index (χ3n) is 3.18. The van der Waals surface area contributed by atoms with E-state index in [2.05, 4.69) is 86.8 Å². The molecule has 0 heteroatoms. The highest BCUT2D eigenvalue weighted by Gasteiger charge is 1.86. The lowest BCUT2D eigenvalue weighted by Crippen LogP contribution is -1.76. The molecule has 0 heterocycles. The fourth-order valence-electron chi connectivity index (χ4n) is 1.94. The molecule has 0 fully saturated rings. The van der Waals surface area contributed by atoms with Crippen molar-refractivity contribution < 1.29 is 0 Å². The summed E-state index contributed by atoms with van der Waals surface area (Å²) >= 11 is 0. The number of rotatable bonds is 13. The largest absolute Gasteiger partial charge is 0.0888 e. The highest BCUT2D eigenvalue weighted by Crippen LogP contribution is 2.06. The normalized spacial score (nSPS) is 13.4. The van der Waals surface area contributed by atoms with E-state index in [9.17, 15) is 0 Å². The summed E-state index contributed by atoms with van der Waals surface area (Å²) in [4.78, 5) is 0. The third kappa shape index (κ3) is 18.4. The van der Waals surface area contributed by atoms with Gasteiger partial charge in [-0.2, -0.15) is 0 Å². The molecule has 0 aromatic rings. The Kier molecular flexibility index (Phi) is 18.1. The van der Waals surface area contributed by atoms with Crippen molar-refractivity contribution in [3.63, 3.8) is 0 Å². The fraction of sp³-hybridized carbons (Fsp3) is 0.455. The molecule has 0 aromatic heterocycles. The first-order valence-electron chi connectivity index (χ1n) is 8.88. The van der Waals surface area contributed by atoms with Crippen LogP contribution in [0.5, 0.6) is 0 Å². The Labute approximate surface area is 138 Å². The summed E-state index contributed by atoms with van der Waals surface area (Å²) in [7, 11) is 0. The molecule has 0 unspecified atom stereocenters. The van der Waals surface area contributed by atoms with E-state index in [0.29, 0.717) is 0 Å². The van der Waals surface area contributed by atoms with E-state index in [4.69, 9.17) is 0 Å². The summed E-state index contributed by atoms with van der Waals surface area (Å²) in [5, 5.41) is 0. The van der Waals surface area contributed by atoms with E-state index in [1.54, 1.807) is 0 Å². The zero-order chi connectivity index (χ0) is 16.1. The quantitative estimate of drug-likeness (QED) is 0.188. The number of hydrogen-bond acceptors (Lipinski definition) is 0. The van der Waals surface area contributed by atoms with Gasteiger partial charge in [-0.1, -0.05) is 99.6 Å². The first-order valence-corrected chi connectivity index (χ1v) is 8.88. The minimum Gasteiger partial charge on any atom is -0.0888 e. The molecular weight excluding hydrogens is 264 g/mol. The summed E-state index contributed by atoms with van der Waals surface area (Å²) in [6, 6.07) is 0. The summed E-state index contributed by atoms with van der Waals surface area (Å²) in [5.41, 5.74) is 0. The molecular formula is C22H34. The first kappa shape index (κ1) is 20.4. The van der Waals surface area contributed by atoms with Crippen LogP contribution in [0, 0.1) is 0 Å². The summed E-state index contributed by atoms with van der Waals surface area (Å²) in [6.45, 7) is 4.33. The molecule has 0 aromatic carbocycles. The van der Waals surface area contributed by atoms with E-state index < -0.39 is 0 Å². The summed E-state index contributed by atoms with van der Waals surface area (Å²) < 4.78 is 0. The van der Waals surface area contributed by atoms with Gasteiger partial charge in [0, 0.05) is 0 Å². The van der Waals surface area contributed by atoms with Gasteiger partial charge in [-0.05, 0) is 38.5 Å². The summed E-state index contributed by atoms with van der Waals surface area (Å²) in [6.07, 6.45) is 35.7. The molecule has 0 saturated heterocycles. The van der Waals surface area contributed by atoms with Crippen LogP contribution in [0.1, 0.15) is 65.2 Å². The lowest BCUT2D eigenvalue weighted by atomic mass is 10.1. The van der Waals surface area contributed by atoms with Gasteiger partial charge in [-0.3, -0.25) is 0 Å². The van der Waals surface area contributed by atoms with Crippen molar-refractivity contribution in [2.24, 2.45) is 0 Å². The Morgan fingerprint density at radius 2 is 0.864 bits per heavy atom. The van der Waals surface area contributed by atoms with Gasteiger partial charge in [0.25, 0.3) is 0 Å². The predicted molar refractivity (Wildman–Crippen MR) is 103 cm³/mol. The molecule has 0 spiro atoms. The molecule has 0 nitrogen and oxygen atoms in total. The Morgan fingerprint density at radius 3 is 1.41 bits per heavy atom. The average Bonchev–Trinajstić information content (AvgIpc) is 2.54. The van der Waals surface area contributed by atoms with E-state index in [1.165, 1.54) is 44.9 Å². The molecule has 0 radical (unpaired) electrons. The maximum absolute atomic E-state index is 2.31. The predicted octanol–water partition coefficient (Wildman–Crippen LogP) is 7.48. The Bertz CT molecular complexity index is 375. The number of allylic oxidation sites excluding steroid dienone is 12. The number of hydrogen-bond donors (Lipinski definition) is 0. The van der Waals surface area contributed by atoms with E-state index in [0.717, 1.165) is 6.42 Å². The molecule has 0 aliphatic rings. The minimum atomic E-state index is 1.09. The Morgan fingerprint density at radius 1 is 0.409 bits per heavy atom. The van der Waals surface area contributed by atoms with Crippen LogP contribution in [0.25, 0.3) is 0 Å². The van der Waals surface area contributed by atoms with E-state index >= 15 is 0 Å². The average molecular weight is 299 g/mol. The van der Waals surface area contributed by atoms with Gasteiger partial charge in [-0.15, -0.1) is 0 Å². The molecule has 0 saturated carbocycles. The fourth-order valence-corrected chi connectivity index (χ4v) is 1.94. The molecule has 122 valence electrons. The van der Waals surface area contributed by atoms with Crippen LogP contribution < -0.4 is 0 Å². The monoisotopic (exact) mass is 298 g/mol. The smallest absolute Gasteiger partial charge is 0.0348 e. The lowest BCUT2D eigenvalue weighted by molar-refractivity contribution is 0.652. The van der Waals surface area contributed by atoms with Crippen LogP contribution in [-0.4, -0.2) is 0 Å². The van der Waals surface area contributed by atoms with Crippen LogP contribution in [0.2, 0.25) is 0 Å². The zero-order valence-corrected chi connectivity index (χ0v) is 14.6. The second kappa shape index (κ2) is 19.4. The molecule has 0 aliphatic carbocycles. The van der Waals surface area contributed by atoms with Gasteiger partial charge >= 0.3 is 0 Å². The van der Waals surface area contributed by atoms with Gasteiger partial charge in [0.1, 0.15) is 0 Å². The van der Waals surface area contributed by atoms with Crippen LogP contribution in [0.3, 0.4) is 0 Å². The maximum Gasteiger partial charge on any atom is -0.0348 e. The number of unbranched alkanes of at least 4 members (excludes halogenated alkanes) is 5. The zero-order valence-electron chi connectivity index (χ0n) is 14.6. The Balaban J connectivity index is 3.44. The first-order chi connectivity index (χ1) is 10.9. The van der Waals surface area contributed by atoms with Crippen molar-refractivity contribution in [3.8, 4) is 0 Å². The molecule has 0 bridgehead atoms.